The summed E-state index contributed by atoms with van der Waals surface area (Å²) in [5.74, 6) is -2.83. The Morgan fingerprint density at radius 3 is 2.54 bits per heavy atom. The molecule has 2 heterocycles. The maximum Gasteiger partial charge on any atom is 0.471 e. The third-order valence-corrected chi connectivity index (χ3v) is 6.03. The Balaban J connectivity index is 2.06. The molecule has 1 aliphatic rings. The van der Waals surface area contributed by atoms with Crippen LogP contribution in [0.2, 0.25) is 5.15 Å². The molecule has 2 N–H and O–H groups in total. The summed E-state index contributed by atoms with van der Waals surface area (Å²) in [5.41, 5.74) is -4.32. The Bertz CT molecular complexity index is 1490. The second-order valence-corrected chi connectivity index (χ2v) is 9.61. The van der Waals surface area contributed by atoms with Crippen LogP contribution in [0.5, 0.6) is 5.75 Å². The summed E-state index contributed by atoms with van der Waals surface area (Å²) in [7, 11) is -4.99. The SMILES string of the molecule is CC1C(Cl)=CC(Oc2c(C(F)(F)F)ncn(Cc3cc(Cl)nn(COP(=O)(O)O)c3=O)c2=O)=CC1C#N. The van der Waals surface area contributed by atoms with Gasteiger partial charge in [0.15, 0.2) is 12.4 Å². The third-order valence-electron chi connectivity index (χ3n) is 4.94. The van der Waals surface area contributed by atoms with Gasteiger partial charge in [0.05, 0.1) is 24.9 Å². The summed E-state index contributed by atoms with van der Waals surface area (Å²) in [6.07, 6.45) is -2.21. The minimum absolute atomic E-state index is 0.117. The summed E-state index contributed by atoms with van der Waals surface area (Å²) in [4.78, 5) is 46.5. The Morgan fingerprint density at radius 1 is 1.27 bits per heavy atom. The quantitative estimate of drug-likeness (QED) is 0.462. The molecular weight excluding hydrogens is 569 g/mol. The molecule has 0 aliphatic heterocycles. The van der Waals surface area contributed by atoms with Crippen molar-refractivity contribution in [3.8, 4) is 11.8 Å². The molecule has 12 nitrogen and oxygen atoms in total. The number of aromatic nitrogens is 4. The fourth-order valence-corrected chi connectivity index (χ4v) is 3.82. The van der Waals surface area contributed by atoms with Gasteiger partial charge in [-0.05, 0) is 18.2 Å². The highest BCUT2D eigenvalue weighted by Crippen LogP contribution is 2.37. The number of nitrogens with zero attached hydrogens (tertiary/aromatic N) is 5. The van der Waals surface area contributed by atoms with E-state index in [2.05, 4.69) is 14.6 Å². The lowest BCUT2D eigenvalue weighted by atomic mass is 9.90. The van der Waals surface area contributed by atoms with Crippen LogP contribution in [-0.4, -0.2) is 29.1 Å². The molecule has 2 aromatic heterocycles. The molecule has 0 radical (unpaired) electrons. The maximum atomic E-state index is 13.6. The van der Waals surface area contributed by atoms with Crippen LogP contribution >= 0.6 is 31.0 Å². The first kappa shape index (κ1) is 28.6. The largest absolute Gasteiger partial charge is 0.471 e. The number of phosphoric ester groups is 1. The molecule has 0 saturated carbocycles. The van der Waals surface area contributed by atoms with Crippen molar-refractivity contribution in [1.29, 1.82) is 5.26 Å². The van der Waals surface area contributed by atoms with Crippen LogP contribution in [0, 0.1) is 23.2 Å². The molecule has 0 spiro atoms. The number of allylic oxidation sites excluding steroid dienone is 3. The average Bonchev–Trinajstić information content (AvgIpc) is 2.78. The first-order valence-electron chi connectivity index (χ1n) is 9.90. The lowest BCUT2D eigenvalue weighted by Gasteiger charge is -2.21. The Hall–Kier alpha value is -2.99. The first-order chi connectivity index (χ1) is 17.1. The number of hydrogen-bond acceptors (Lipinski definition) is 8. The van der Waals surface area contributed by atoms with E-state index in [1.54, 1.807) is 6.92 Å². The van der Waals surface area contributed by atoms with E-state index in [4.69, 9.17) is 37.7 Å². The van der Waals surface area contributed by atoms with Crippen LogP contribution in [0.1, 0.15) is 18.2 Å². The molecule has 0 bridgehead atoms. The standard InChI is InChI=1S/C19H15Cl2F3N5O7P/c1-9-10(5-25)2-12(4-13(9)20)36-15-16(19(22,23)24)26-7-28(18(15)31)6-11-3-14(21)27-29(17(11)30)8-35-37(32,33)34/h2-4,7,9-10H,6,8H2,1H3,(H2,32,33,34). The maximum absolute atomic E-state index is 13.6. The van der Waals surface area contributed by atoms with Gasteiger partial charge in [0.25, 0.3) is 11.1 Å². The van der Waals surface area contributed by atoms with E-state index in [9.17, 15) is 32.6 Å². The summed E-state index contributed by atoms with van der Waals surface area (Å²) >= 11 is 11.9. The van der Waals surface area contributed by atoms with Crippen LogP contribution in [0.25, 0.3) is 0 Å². The van der Waals surface area contributed by atoms with E-state index in [0.29, 0.717) is 15.6 Å². The molecule has 0 fully saturated rings. The van der Waals surface area contributed by atoms with Crippen LogP contribution < -0.4 is 15.9 Å². The number of ether oxygens (including phenoxy) is 1. The highest BCUT2D eigenvalue weighted by Gasteiger charge is 2.39. The Kier molecular flexibility index (Phi) is 8.33. The monoisotopic (exact) mass is 583 g/mol. The molecular formula is C19H15Cl2F3N5O7P. The molecule has 18 heteroatoms. The smallest absolute Gasteiger partial charge is 0.449 e. The zero-order chi connectivity index (χ0) is 27.7. The lowest BCUT2D eigenvalue weighted by Crippen LogP contribution is -2.32. The van der Waals surface area contributed by atoms with Crippen molar-refractivity contribution in [2.75, 3.05) is 0 Å². The number of rotatable bonds is 7. The van der Waals surface area contributed by atoms with Gasteiger partial charge in [-0.25, -0.2) is 14.2 Å². The topological polar surface area (TPSA) is 170 Å². The molecule has 2 unspecified atom stereocenters. The predicted octanol–water partition coefficient (Wildman–Crippen LogP) is 2.76. The van der Waals surface area contributed by atoms with E-state index >= 15 is 0 Å². The van der Waals surface area contributed by atoms with Crippen LogP contribution in [0.15, 0.2) is 44.9 Å². The van der Waals surface area contributed by atoms with Crippen LogP contribution in [0.3, 0.4) is 0 Å². The van der Waals surface area contributed by atoms with Gasteiger partial charge in [-0.2, -0.15) is 23.5 Å². The molecule has 37 heavy (non-hydrogen) atoms. The summed E-state index contributed by atoms with van der Waals surface area (Å²) in [5, 5.41) is 12.6. The number of phosphoric acid groups is 1. The van der Waals surface area contributed by atoms with Gasteiger partial charge in [-0.1, -0.05) is 30.1 Å². The van der Waals surface area contributed by atoms with Gasteiger partial charge in [-0.3, -0.25) is 18.7 Å². The third kappa shape index (κ3) is 6.86. The zero-order valence-electron chi connectivity index (χ0n) is 18.4. The number of halogens is 5. The molecule has 2 atom stereocenters. The van der Waals surface area contributed by atoms with Gasteiger partial charge in [0.2, 0.25) is 5.75 Å². The fraction of sp³-hybridized carbons (Fsp3) is 0.316. The van der Waals surface area contributed by atoms with E-state index in [1.165, 1.54) is 12.2 Å². The number of alkyl halides is 3. The van der Waals surface area contributed by atoms with Crippen molar-refractivity contribution in [2.45, 2.75) is 26.4 Å². The lowest BCUT2D eigenvalue weighted by molar-refractivity contribution is -0.142. The molecule has 2 aromatic rings. The molecule has 3 rings (SSSR count). The van der Waals surface area contributed by atoms with Crippen molar-refractivity contribution in [1.82, 2.24) is 19.3 Å². The molecule has 198 valence electrons. The Morgan fingerprint density at radius 2 is 1.95 bits per heavy atom. The highest BCUT2D eigenvalue weighted by atomic mass is 35.5. The predicted molar refractivity (Wildman–Crippen MR) is 120 cm³/mol. The van der Waals surface area contributed by atoms with Crippen molar-refractivity contribution < 1.29 is 36.8 Å². The van der Waals surface area contributed by atoms with Gasteiger partial charge in [0, 0.05) is 16.5 Å². The second-order valence-electron chi connectivity index (χ2n) is 7.54. The molecule has 0 aromatic carbocycles. The molecule has 1 aliphatic carbocycles. The first-order valence-corrected chi connectivity index (χ1v) is 12.2. The molecule has 0 amide bonds. The highest BCUT2D eigenvalue weighted by molar-refractivity contribution is 7.46. The second kappa shape index (κ2) is 10.8. The number of hydrogen-bond donors (Lipinski definition) is 2. The van der Waals surface area contributed by atoms with Gasteiger partial charge >= 0.3 is 14.0 Å². The summed E-state index contributed by atoms with van der Waals surface area (Å²) in [6.45, 7) is -0.0640. The summed E-state index contributed by atoms with van der Waals surface area (Å²) < 4.78 is 62.3. The minimum Gasteiger partial charge on any atom is -0.449 e. The fourth-order valence-electron chi connectivity index (χ4n) is 3.09. The van der Waals surface area contributed by atoms with E-state index in [0.717, 1.165) is 6.07 Å². The van der Waals surface area contributed by atoms with E-state index < -0.39 is 61.7 Å². The van der Waals surface area contributed by atoms with Gasteiger partial charge < -0.3 is 14.5 Å². The average molecular weight is 584 g/mol. The van der Waals surface area contributed by atoms with Crippen LogP contribution in [-0.2, 0) is 28.5 Å². The minimum atomic E-state index is -5.11. The van der Waals surface area contributed by atoms with Crippen molar-refractivity contribution in [3.05, 3.63) is 72.5 Å². The van der Waals surface area contributed by atoms with Crippen molar-refractivity contribution >= 4 is 31.0 Å². The normalized spacial score (nSPS) is 18.1. The number of nitriles is 1. The van der Waals surface area contributed by atoms with Gasteiger partial charge in [0.1, 0.15) is 10.9 Å². The molecule has 0 saturated heterocycles. The van der Waals surface area contributed by atoms with Crippen LogP contribution in [0.4, 0.5) is 13.2 Å². The van der Waals surface area contributed by atoms with E-state index in [-0.39, 0.29) is 21.5 Å². The van der Waals surface area contributed by atoms with Crippen molar-refractivity contribution in [3.63, 3.8) is 0 Å². The Labute approximate surface area is 215 Å². The van der Waals surface area contributed by atoms with E-state index in [1.807, 2.05) is 6.07 Å². The summed E-state index contributed by atoms with van der Waals surface area (Å²) in [6, 6.07) is 2.92. The zero-order valence-corrected chi connectivity index (χ0v) is 20.8. The van der Waals surface area contributed by atoms with Crippen molar-refractivity contribution in [2.24, 2.45) is 11.8 Å². The van der Waals surface area contributed by atoms with Gasteiger partial charge in [-0.15, -0.1) is 0 Å².